The van der Waals surface area contributed by atoms with Crippen molar-refractivity contribution in [3.8, 4) is 0 Å². The number of hydrogen-bond donors (Lipinski definition) is 1. The molecule has 2 N–H and O–H groups in total. The number of carbonyl (C=O) groups is 1. The monoisotopic (exact) mass is 293 g/mol. The number of Topliss-reactive ketones (excluding diaryl/α,β-unsaturated/α-hetero) is 1. The van der Waals surface area contributed by atoms with Crippen molar-refractivity contribution in [2.75, 3.05) is 0 Å². The van der Waals surface area contributed by atoms with Crippen LogP contribution in [0.1, 0.15) is 30.4 Å². The van der Waals surface area contributed by atoms with Crippen LogP contribution >= 0.6 is 0 Å². The van der Waals surface area contributed by atoms with Crippen LogP contribution in [0, 0.1) is 5.41 Å². The maximum Gasteiger partial charge on any atom is 0.139 e. The van der Waals surface area contributed by atoms with Crippen LogP contribution < -0.4 is 5.73 Å². The molecule has 2 nitrogen and oxygen atoms in total. The lowest BCUT2D eigenvalue weighted by atomic mass is 9.65. The Morgan fingerprint density at radius 2 is 1.41 bits per heavy atom. The fourth-order valence-electron chi connectivity index (χ4n) is 3.68. The third-order valence-corrected chi connectivity index (χ3v) is 4.76. The summed E-state index contributed by atoms with van der Waals surface area (Å²) in [6.07, 6.45) is 3.80. The van der Waals surface area contributed by atoms with Gasteiger partial charge in [0, 0.05) is 17.9 Å². The molecule has 2 aromatic carbocycles. The molecule has 2 aromatic rings. The zero-order valence-corrected chi connectivity index (χ0v) is 12.9. The van der Waals surface area contributed by atoms with Gasteiger partial charge in [-0.2, -0.15) is 0 Å². The molecule has 1 fully saturated rings. The van der Waals surface area contributed by atoms with Crippen molar-refractivity contribution in [2.45, 2.75) is 38.1 Å². The van der Waals surface area contributed by atoms with Crippen LogP contribution in [0.3, 0.4) is 0 Å². The molecule has 2 heteroatoms. The minimum absolute atomic E-state index is 0.130. The molecule has 0 aliphatic heterocycles. The summed E-state index contributed by atoms with van der Waals surface area (Å²) in [6, 6.07) is 20.8. The number of rotatable bonds is 4. The van der Waals surface area contributed by atoms with Gasteiger partial charge >= 0.3 is 0 Å². The second kappa shape index (κ2) is 6.45. The van der Waals surface area contributed by atoms with Gasteiger partial charge < -0.3 is 5.73 Å². The highest BCUT2D eigenvalue weighted by Crippen LogP contribution is 2.39. The SMILES string of the molecule is NC1CCC(=O)C(Cc2ccccc2)(Cc2ccccc2)C1. The summed E-state index contributed by atoms with van der Waals surface area (Å²) in [5.74, 6) is 0.377. The Bertz CT molecular complexity index is 579. The van der Waals surface area contributed by atoms with Crippen LogP contribution in [0.2, 0.25) is 0 Å². The van der Waals surface area contributed by atoms with E-state index in [9.17, 15) is 4.79 Å². The van der Waals surface area contributed by atoms with E-state index in [1.165, 1.54) is 11.1 Å². The van der Waals surface area contributed by atoms with Crippen LogP contribution in [0.25, 0.3) is 0 Å². The molecule has 0 spiro atoms. The molecule has 3 rings (SSSR count). The summed E-state index contributed by atoms with van der Waals surface area (Å²) in [7, 11) is 0. The predicted octanol–water partition coefficient (Wildman–Crippen LogP) is 3.54. The van der Waals surface area contributed by atoms with Gasteiger partial charge in [-0.05, 0) is 36.8 Å². The first-order chi connectivity index (χ1) is 10.7. The molecule has 0 saturated heterocycles. The van der Waals surface area contributed by atoms with Gasteiger partial charge in [-0.3, -0.25) is 4.79 Å². The standard InChI is InChI=1S/C20H23NO/c21-18-11-12-19(22)20(15-18,13-16-7-3-1-4-8-16)14-17-9-5-2-6-10-17/h1-10,18H,11-15,21H2. The molecule has 1 atom stereocenters. The summed E-state index contributed by atoms with van der Waals surface area (Å²) >= 11 is 0. The Hall–Kier alpha value is -1.93. The molecular formula is C20H23NO. The van der Waals surface area contributed by atoms with E-state index in [2.05, 4.69) is 24.3 Å². The van der Waals surface area contributed by atoms with Crippen molar-refractivity contribution in [1.82, 2.24) is 0 Å². The molecule has 0 radical (unpaired) electrons. The highest BCUT2D eigenvalue weighted by molar-refractivity contribution is 5.86. The van der Waals surface area contributed by atoms with Crippen LogP contribution in [-0.4, -0.2) is 11.8 Å². The van der Waals surface area contributed by atoms with Crippen molar-refractivity contribution in [3.05, 3.63) is 71.8 Å². The first-order valence-electron chi connectivity index (χ1n) is 8.05. The summed E-state index contributed by atoms with van der Waals surface area (Å²) < 4.78 is 0. The first-order valence-corrected chi connectivity index (χ1v) is 8.05. The number of benzene rings is 2. The van der Waals surface area contributed by atoms with Crippen LogP contribution in [0.15, 0.2) is 60.7 Å². The lowest BCUT2D eigenvalue weighted by Crippen LogP contribution is -2.45. The van der Waals surface area contributed by atoms with Gasteiger partial charge in [0.05, 0.1) is 0 Å². The Labute approximate surface area is 132 Å². The number of hydrogen-bond acceptors (Lipinski definition) is 2. The van der Waals surface area contributed by atoms with Crippen LogP contribution in [0.5, 0.6) is 0 Å². The molecule has 1 aliphatic rings. The van der Waals surface area contributed by atoms with Crippen LogP contribution in [-0.2, 0) is 17.6 Å². The largest absolute Gasteiger partial charge is 0.328 e. The summed E-state index contributed by atoms with van der Waals surface area (Å²) in [4.78, 5) is 12.8. The smallest absolute Gasteiger partial charge is 0.139 e. The van der Waals surface area contributed by atoms with E-state index in [1.54, 1.807) is 0 Å². The molecule has 1 aliphatic carbocycles. The van der Waals surface area contributed by atoms with Crippen molar-refractivity contribution in [2.24, 2.45) is 11.1 Å². The summed E-state index contributed by atoms with van der Waals surface area (Å²) in [5.41, 5.74) is 8.33. The third kappa shape index (κ3) is 3.28. The maximum atomic E-state index is 12.8. The normalized spacial score (nSPS) is 20.8. The van der Waals surface area contributed by atoms with Crippen LogP contribution in [0.4, 0.5) is 0 Å². The maximum absolute atomic E-state index is 12.8. The van der Waals surface area contributed by atoms with Gasteiger partial charge in [-0.15, -0.1) is 0 Å². The predicted molar refractivity (Wildman–Crippen MR) is 89.6 cm³/mol. The highest BCUT2D eigenvalue weighted by Gasteiger charge is 2.42. The zero-order valence-electron chi connectivity index (χ0n) is 12.9. The number of ketones is 1. The lowest BCUT2D eigenvalue weighted by Gasteiger charge is -2.39. The van der Waals surface area contributed by atoms with Gasteiger partial charge in [0.25, 0.3) is 0 Å². The fraction of sp³-hybridized carbons (Fsp3) is 0.350. The van der Waals surface area contributed by atoms with Gasteiger partial charge in [-0.1, -0.05) is 60.7 Å². The highest BCUT2D eigenvalue weighted by atomic mass is 16.1. The number of carbonyl (C=O) groups excluding carboxylic acids is 1. The van der Waals surface area contributed by atoms with Crippen molar-refractivity contribution in [3.63, 3.8) is 0 Å². The lowest BCUT2D eigenvalue weighted by molar-refractivity contribution is -0.131. The molecule has 114 valence electrons. The average molecular weight is 293 g/mol. The molecule has 0 heterocycles. The Kier molecular flexibility index (Phi) is 4.39. The van der Waals surface area contributed by atoms with Crippen molar-refractivity contribution < 1.29 is 4.79 Å². The third-order valence-electron chi connectivity index (χ3n) is 4.76. The van der Waals surface area contributed by atoms with E-state index in [4.69, 9.17) is 5.73 Å². The molecular weight excluding hydrogens is 270 g/mol. The second-order valence-electron chi connectivity index (χ2n) is 6.53. The van der Waals surface area contributed by atoms with E-state index in [1.807, 2.05) is 36.4 Å². The fourth-order valence-corrected chi connectivity index (χ4v) is 3.68. The molecule has 1 saturated carbocycles. The number of nitrogens with two attached hydrogens (primary N) is 1. The summed E-state index contributed by atoms with van der Waals surface area (Å²) in [6.45, 7) is 0. The van der Waals surface area contributed by atoms with Crippen molar-refractivity contribution >= 4 is 5.78 Å². The minimum atomic E-state index is -0.347. The Balaban J connectivity index is 1.92. The minimum Gasteiger partial charge on any atom is -0.328 e. The molecule has 0 bridgehead atoms. The van der Waals surface area contributed by atoms with Gasteiger partial charge in [-0.25, -0.2) is 0 Å². The van der Waals surface area contributed by atoms with Gasteiger partial charge in [0.1, 0.15) is 5.78 Å². The topological polar surface area (TPSA) is 43.1 Å². The second-order valence-corrected chi connectivity index (χ2v) is 6.53. The quantitative estimate of drug-likeness (QED) is 0.937. The summed E-state index contributed by atoms with van der Waals surface area (Å²) in [5, 5.41) is 0. The Morgan fingerprint density at radius 3 is 1.91 bits per heavy atom. The molecule has 1 unspecified atom stereocenters. The van der Waals surface area contributed by atoms with Crippen molar-refractivity contribution in [1.29, 1.82) is 0 Å². The van der Waals surface area contributed by atoms with E-state index < -0.39 is 0 Å². The van der Waals surface area contributed by atoms with E-state index >= 15 is 0 Å². The first kappa shape index (κ1) is 15.0. The Morgan fingerprint density at radius 1 is 0.909 bits per heavy atom. The van der Waals surface area contributed by atoms with Gasteiger partial charge in [0.2, 0.25) is 0 Å². The molecule has 0 aromatic heterocycles. The van der Waals surface area contributed by atoms with E-state index in [-0.39, 0.29) is 11.5 Å². The van der Waals surface area contributed by atoms with E-state index in [0.717, 1.165) is 25.7 Å². The molecule has 22 heavy (non-hydrogen) atoms. The average Bonchev–Trinajstić information content (AvgIpc) is 2.53. The zero-order chi connectivity index (χ0) is 15.4. The van der Waals surface area contributed by atoms with E-state index in [0.29, 0.717) is 12.2 Å². The van der Waals surface area contributed by atoms with Gasteiger partial charge in [0.15, 0.2) is 0 Å². The molecule has 0 amide bonds.